The van der Waals surface area contributed by atoms with Crippen LogP contribution in [0.3, 0.4) is 0 Å². The molecule has 0 spiro atoms. The fraction of sp³-hybridized carbons (Fsp3) is 0.412. The van der Waals surface area contributed by atoms with Crippen LogP contribution in [0.4, 0.5) is 0 Å². The molecule has 0 aliphatic heterocycles. The summed E-state index contributed by atoms with van der Waals surface area (Å²) in [5.41, 5.74) is 4.36. The van der Waals surface area contributed by atoms with Crippen molar-refractivity contribution in [2.75, 3.05) is 7.05 Å². The molecule has 0 atom stereocenters. The number of rotatable bonds is 6. The van der Waals surface area contributed by atoms with Gasteiger partial charge in [0.2, 0.25) is 0 Å². The van der Waals surface area contributed by atoms with Crippen LogP contribution in [0, 0.1) is 13.8 Å². The summed E-state index contributed by atoms with van der Waals surface area (Å²) < 4.78 is 30.3. The van der Waals surface area contributed by atoms with Gasteiger partial charge in [-0.25, -0.2) is 0 Å². The predicted molar refractivity (Wildman–Crippen MR) is 93.9 cm³/mol. The van der Waals surface area contributed by atoms with E-state index in [1.165, 1.54) is 15.7 Å². The first kappa shape index (κ1) is 17.7. The van der Waals surface area contributed by atoms with Crippen molar-refractivity contribution >= 4 is 10.2 Å². The van der Waals surface area contributed by atoms with Crippen LogP contribution in [-0.2, 0) is 16.8 Å². The largest absolute Gasteiger partial charge is 0.319 e. The van der Waals surface area contributed by atoms with Gasteiger partial charge in [-0.15, -0.1) is 0 Å². The second-order valence-corrected chi connectivity index (χ2v) is 7.87. The SMILES string of the molecule is Cc1ccc(C)n1-c1ccc(CNS(=O)(=O)N(C)C(C)C)cc1. The summed E-state index contributed by atoms with van der Waals surface area (Å²) >= 11 is 0. The Balaban J connectivity index is 2.10. The lowest BCUT2D eigenvalue weighted by Gasteiger charge is -2.21. The average Bonchev–Trinajstić information content (AvgIpc) is 2.84. The van der Waals surface area contributed by atoms with Gasteiger partial charge >= 0.3 is 0 Å². The number of aryl methyl sites for hydroxylation is 2. The molecule has 0 aliphatic rings. The molecular weight excluding hydrogens is 310 g/mol. The van der Waals surface area contributed by atoms with Gasteiger partial charge in [-0.05, 0) is 57.5 Å². The second-order valence-electron chi connectivity index (χ2n) is 6.05. The van der Waals surface area contributed by atoms with Gasteiger partial charge in [0.1, 0.15) is 0 Å². The zero-order valence-electron chi connectivity index (χ0n) is 14.4. The van der Waals surface area contributed by atoms with E-state index in [4.69, 9.17) is 0 Å². The zero-order chi connectivity index (χ0) is 17.2. The van der Waals surface area contributed by atoms with E-state index < -0.39 is 10.2 Å². The van der Waals surface area contributed by atoms with Crippen molar-refractivity contribution in [3.63, 3.8) is 0 Å². The Hall–Kier alpha value is -1.63. The molecule has 0 radical (unpaired) electrons. The summed E-state index contributed by atoms with van der Waals surface area (Å²) in [6.45, 7) is 8.10. The Labute approximate surface area is 139 Å². The van der Waals surface area contributed by atoms with E-state index in [1.54, 1.807) is 7.05 Å². The van der Waals surface area contributed by atoms with Gasteiger partial charge in [0.15, 0.2) is 0 Å². The quantitative estimate of drug-likeness (QED) is 0.882. The number of aromatic nitrogens is 1. The molecule has 2 aromatic rings. The maximum atomic E-state index is 12.1. The van der Waals surface area contributed by atoms with E-state index >= 15 is 0 Å². The number of nitrogens with one attached hydrogen (secondary N) is 1. The average molecular weight is 335 g/mol. The third kappa shape index (κ3) is 4.02. The van der Waals surface area contributed by atoms with Crippen molar-refractivity contribution in [3.05, 3.63) is 53.3 Å². The number of hydrogen-bond acceptors (Lipinski definition) is 2. The second kappa shape index (κ2) is 6.86. The minimum atomic E-state index is -3.45. The van der Waals surface area contributed by atoms with E-state index in [9.17, 15) is 8.42 Å². The first-order valence-corrected chi connectivity index (χ1v) is 9.13. The fourth-order valence-corrected chi connectivity index (χ4v) is 3.50. The summed E-state index contributed by atoms with van der Waals surface area (Å²) in [6, 6.07) is 12.0. The highest BCUT2D eigenvalue weighted by Crippen LogP contribution is 2.17. The molecule has 0 aliphatic carbocycles. The van der Waals surface area contributed by atoms with Gasteiger partial charge in [-0.2, -0.15) is 17.4 Å². The molecule has 0 bridgehead atoms. The highest BCUT2D eigenvalue weighted by atomic mass is 32.2. The van der Waals surface area contributed by atoms with E-state index in [-0.39, 0.29) is 12.6 Å². The summed E-state index contributed by atoms with van der Waals surface area (Å²) in [6.07, 6.45) is 0. The molecule has 0 unspecified atom stereocenters. The van der Waals surface area contributed by atoms with Gasteiger partial charge in [0.05, 0.1) is 0 Å². The summed E-state index contributed by atoms with van der Waals surface area (Å²) in [5.74, 6) is 0. The molecule has 6 heteroatoms. The molecule has 0 saturated carbocycles. The third-order valence-corrected chi connectivity index (χ3v) is 5.72. The minimum absolute atomic E-state index is 0.0745. The molecule has 0 amide bonds. The van der Waals surface area contributed by atoms with E-state index in [1.807, 2.05) is 38.1 Å². The third-order valence-electron chi connectivity index (χ3n) is 4.03. The highest BCUT2D eigenvalue weighted by molar-refractivity contribution is 7.87. The lowest BCUT2D eigenvalue weighted by atomic mass is 10.2. The van der Waals surface area contributed by atoms with Crippen LogP contribution < -0.4 is 4.72 Å². The molecule has 5 nitrogen and oxygen atoms in total. The molecule has 126 valence electrons. The Morgan fingerprint density at radius 2 is 1.57 bits per heavy atom. The maximum absolute atomic E-state index is 12.1. The maximum Gasteiger partial charge on any atom is 0.279 e. The van der Waals surface area contributed by atoms with Crippen molar-refractivity contribution in [1.29, 1.82) is 0 Å². The molecular formula is C17H25N3O2S. The summed E-state index contributed by atoms with van der Waals surface area (Å²) in [4.78, 5) is 0. The minimum Gasteiger partial charge on any atom is -0.319 e. The van der Waals surface area contributed by atoms with Crippen molar-refractivity contribution in [2.24, 2.45) is 0 Å². The topological polar surface area (TPSA) is 54.3 Å². The normalized spacial score (nSPS) is 12.3. The predicted octanol–water partition coefficient (Wildman–Crippen LogP) is 2.77. The van der Waals surface area contributed by atoms with Crippen LogP contribution in [-0.4, -0.2) is 30.4 Å². The molecule has 1 aromatic heterocycles. The zero-order valence-corrected chi connectivity index (χ0v) is 15.2. The molecule has 2 rings (SSSR count). The van der Waals surface area contributed by atoms with Crippen molar-refractivity contribution in [2.45, 2.75) is 40.3 Å². The van der Waals surface area contributed by atoms with Crippen molar-refractivity contribution < 1.29 is 8.42 Å². The number of hydrogen-bond donors (Lipinski definition) is 1. The van der Waals surface area contributed by atoms with Crippen molar-refractivity contribution in [3.8, 4) is 5.69 Å². The van der Waals surface area contributed by atoms with Gasteiger partial charge in [0.25, 0.3) is 10.2 Å². The van der Waals surface area contributed by atoms with Gasteiger partial charge in [-0.1, -0.05) is 12.1 Å². The number of benzene rings is 1. The summed E-state index contributed by atoms with van der Waals surface area (Å²) in [5, 5.41) is 0. The van der Waals surface area contributed by atoms with E-state index in [0.29, 0.717) is 0 Å². The standard InChI is InChI=1S/C17H25N3O2S/c1-13(2)19(5)23(21,22)18-12-16-8-10-17(11-9-16)20-14(3)6-7-15(20)4/h6-11,13,18H,12H2,1-5H3. The highest BCUT2D eigenvalue weighted by Gasteiger charge is 2.19. The molecule has 23 heavy (non-hydrogen) atoms. The van der Waals surface area contributed by atoms with Crippen LogP contribution in [0.2, 0.25) is 0 Å². The van der Waals surface area contributed by atoms with Crippen LogP contribution in [0.1, 0.15) is 30.8 Å². The Morgan fingerprint density at radius 1 is 1.04 bits per heavy atom. The number of nitrogens with zero attached hydrogens (tertiary/aromatic N) is 2. The Kier molecular flexibility index (Phi) is 5.29. The molecule has 0 saturated heterocycles. The Morgan fingerprint density at radius 3 is 2.04 bits per heavy atom. The molecule has 1 aromatic carbocycles. The lowest BCUT2D eigenvalue weighted by Crippen LogP contribution is -2.41. The Bertz CT molecular complexity index is 742. The van der Waals surface area contributed by atoms with Gasteiger partial charge in [0, 0.05) is 36.7 Å². The van der Waals surface area contributed by atoms with E-state index in [0.717, 1.165) is 11.3 Å². The lowest BCUT2D eigenvalue weighted by molar-refractivity contribution is 0.402. The first-order valence-electron chi connectivity index (χ1n) is 7.69. The van der Waals surface area contributed by atoms with Crippen molar-refractivity contribution in [1.82, 2.24) is 13.6 Å². The molecule has 1 N–H and O–H groups in total. The smallest absolute Gasteiger partial charge is 0.279 e. The van der Waals surface area contributed by atoms with Gasteiger partial charge in [-0.3, -0.25) is 0 Å². The van der Waals surface area contributed by atoms with Gasteiger partial charge < -0.3 is 4.57 Å². The first-order chi connectivity index (χ1) is 10.7. The van der Waals surface area contributed by atoms with Crippen LogP contribution in [0.25, 0.3) is 5.69 Å². The molecule has 1 heterocycles. The fourth-order valence-electron chi connectivity index (χ4n) is 2.39. The van der Waals surface area contributed by atoms with E-state index in [2.05, 4.69) is 35.3 Å². The summed E-state index contributed by atoms with van der Waals surface area (Å²) in [7, 11) is -1.87. The van der Waals surface area contributed by atoms with Crippen LogP contribution >= 0.6 is 0 Å². The monoisotopic (exact) mass is 335 g/mol. The van der Waals surface area contributed by atoms with Crippen LogP contribution in [0.15, 0.2) is 36.4 Å². The van der Waals surface area contributed by atoms with Crippen LogP contribution in [0.5, 0.6) is 0 Å². The molecule has 0 fully saturated rings.